The topological polar surface area (TPSA) is 54.0 Å². The maximum absolute atomic E-state index is 12.8. The monoisotopic (exact) mass is 454 g/mol. The lowest BCUT2D eigenvalue weighted by Crippen LogP contribution is -2.08. The summed E-state index contributed by atoms with van der Waals surface area (Å²) in [5.41, 5.74) is 3.23. The zero-order valence-electron chi connectivity index (χ0n) is 19.0. The maximum atomic E-state index is 12.8. The fourth-order valence-corrected chi connectivity index (χ4v) is 3.37. The molecule has 0 bridgehead atoms. The van der Waals surface area contributed by atoms with Crippen LogP contribution in [0.4, 0.5) is 0 Å². The first-order chi connectivity index (χ1) is 16.7. The highest BCUT2D eigenvalue weighted by Gasteiger charge is 2.20. The summed E-state index contributed by atoms with van der Waals surface area (Å²) in [7, 11) is 1.53. The molecule has 4 rings (SSSR count). The van der Waals surface area contributed by atoms with Gasteiger partial charge in [-0.25, -0.2) is 4.79 Å². The van der Waals surface area contributed by atoms with Crippen molar-refractivity contribution < 1.29 is 23.7 Å². The Labute approximate surface area is 199 Å². The average molecular weight is 455 g/mol. The second-order valence-electron chi connectivity index (χ2n) is 7.62. The fraction of sp³-hybridized carbons (Fsp3) is 0.138. The largest absolute Gasteiger partial charge is 0.493 e. The molecular formula is C29H26O5. The molecule has 0 radical (unpaired) electrons. The summed E-state index contributed by atoms with van der Waals surface area (Å²) in [5, 5.41) is 0. The predicted molar refractivity (Wildman–Crippen MR) is 130 cm³/mol. The van der Waals surface area contributed by atoms with Gasteiger partial charge in [0.05, 0.1) is 12.7 Å². The summed E-state index contributed by atoms with van der Waals surface area (Å²) >= 11 is 0. The molecule has 34 heavy (non-hydrogen) atoms. The van der Waals surface area contributed by atoms with Crippen LogP contribution in [0.2, 0.25) is 0 Å². The summed E-state index contributed by atoms with van der Waals surface area (Å²) in [6.45, 7) is 0.819. The molecule has 0 saturated heterocycles. The Bertz CT molecular complexity index is 1190. The molecule has 0 aliphatic heterocycles. The van der Waals surface area contributed by atoms with Gasteiger partial charge in [0.1, 0.15) is 19.8 Å². The average Bonchev–Trinajstić information content (AvgIpc) is 2.91. The Morgan fingerprint density at radius 3 is 1.62 bits per heavy atom. The Morgan fingerprint density at radius 2 is 1.09 bits per heavy atom. The molecule has 0 saturated carbocycles. The molecule has 0 atom stereocenters. The van der Waals surface area contributed by atoms with Gasteiger partial charge in [0.15, 0.2) is 11.5 Å². The van der Waals surface area contributed by atoms with Gasteiger partial charge >= 0.3 is 5.97 Å². The van der Waals surface area contributed by atoms with Crippen LogP contribution in [0.3, 0.4) is 0 Å². The molecule has 0 aliphatic rings. The van der Waals surface area contributed by atoms with Crippen LogP contribution < -0.4 is 14.2 Å². The second kappa shape index (κ2) is 11.6. The first-order valence-corrected chi connectivity index (χ1v) is 11.0. The highest BCUT2D eigenvalue weighted by Crippen LogP contribution is 2.40. The minimum Gasteiger partial charge on any atom is -0.493 e. The summed E-state index contributed by atoms with van der Waals surface area (Å²) in [6, 6.07) is 32.4. The van der Waals surface area contributed by atoms with Crippen molar-refractivity contribution in [2.75, 3.05) is 7.11 Å². The summed E-state index contributed by atoms with van der Waals surface area (Å²) in [5.74, 6) is 0.766. The van der Waals surface area contributed by atoms with E-state index in [0.717, 1.165) is 16.7 Å². The van der Waals surface area contributed by atoms with Crippen molar-refractivity contribution in [3.8, 4) is 17.2 Å². The highest BCUT2D eigenvalue weighted by atomic mass is 16.5. The van der Waals surface area contributed by atoms with Crippen LogP contribution in [-0.2, 0) is 24.6 Å². The lowest BCUT2D eigenvalue weighted by Gasteiger charge is -2.17. The summed E-state index contributed by atoms with van der Waals surface area (Å²) in [4.78, 5) is 12.8. The van der Waals surface area contributed by atoms with Gasteiger partial charge in [-0.1, -0.05) is 91.0 Å². The lowest BCUT2D eigenvalue weighted by atomic mass is 10.1. The number of esters is 1. The number of benzene rings is 4. The molecule has 0 fully saturated rings. The van der Waals surface area contributed by atoms with Crippen molar-refractivity contribution in [2.24, 2.45) is 0 Å². The molecule has 0 heterocycles. The number of carbonyl (C=O) groups is 1. The number of carbonyl (C=O) groups excluding carboxylic acids is 1. The van der Waals surface area contributed by atoms with Gasteiger partial charge in [-0.05, 0) is 28.8 Å². The van der Waals surface area contributed by atoms with Crippen molar-refractivity contribution >= 4 is 5.97 Å². The van der Waals surface area contributed by atoms with E-state index in [1.54, 1.807) is 12.1 Å². The Morgan fingerprint density at radius 1 is 0.618 bits per heavy atom. The van der Waals surface area contributed by atoms with Gasteiger partial charge in [-0.3, -0.25) is 0 Å². The van der Waals surface area contributed by atoms with E-state index in [0.29, 0.717) is 36.0 Å². The fourth-order valence-electron chi connectivity index (χ4n) is 3.37. The van der Waals surface area contributed by atoms with E-state index < -0.39 is 5.97 Å². The molecule has 0 aliphatic carbocycles. The minimum absolute atomic E-state index is 0.175. The van der Waals surface area contributed by atoms with Crippen LogP contribution >= 0.6 is 0 Å². The van der Waals surface area contributed by atoms with Crippen molar-refractivity contribution in [3.05, 3.63) is 125 Å². The SMILES string of the molecule is COc1cc(C(=O)OCc2ccccc2)cc(OCc2ccccc2)c1OCc1ccccc1. The first-order valence-electron chi connectivity index (χ1n) is 11.0. The number of rotatable bonds is 10. The van der Waals surface area contributed by atoms with Gasteiger partial charge in [-0.15, -0.1) is 0 Å². The van der Waals surface area contributed by atoms with Crippen molar-refractivity contribution in [2.45, 2.75) is 19.8 Å². The predicted octanol–water partition coefficient (Wildman–Crippen LogP) is 6.21. The molecular weight excluding hydrogens is 428 g/mol. The van der Waals surface area contributed by atoms with Gasteiger partial charge in [-0.2, -0.15) is 0 Å². The Hall–Kier alpha value is -4.25. The quantitative estimate of drug-likeness (QED) is 0.267. The van der Waals surface area contributed by atoms with E-state index >= 15 is 0 Å². The van der Waals surface area contributed by atoms with Crippen molar-refractivity contribution in [3.63, 3.8) is 0 Å². The van der Waals surface area contributed by atoms with Crippen LogP contribution in [0, 0.1) is 0 Å². The molecule has 4 aromatic carbocycles. The number of hydrogen-bond donors (Lipinski definition) is 0. The number of ether oxygens (including phenoxy) is 4. The Kier molecular flexibility index (Phi) is 7.80. The molecule has 0 unspecified atom stereocenters. The smallest absolute Gasteiger partial charge is 0.338 e. The van der Waals surface area contributed by atoms with Crippen LogP contribution in [-0.4, -0.2) is 13.1 Å². The molecule has 0 N–H and O–H groups in total. The molecule has 5 nitrogen and oxygen atoms in total. The zero-order chi connectivity index (χ0) is 23.6. The molecule has 0 aromatic heterocycles. The normalized spacial score (nSPS) is 10.4. The van der Waals surface area contributed by atoms with Crippen molar-refractivity contribution in [1.82, 2.24) is 0 Å². The third-order valence-corrected chi connectivity index (χ3v) is 5.15. The standard InChI is InChI=1S/C29H26O5/c1-31-26-17-25(29(30)34-21-24-15-9-4-10-16-24)18-27(32-19-22-11-5-2-6-12-22)28(26)33-20-23-13-7-3-8-14-23/h2-18H,19-21H2,1H3. The zero-order valence-corrected chi connectivity index (χ0v) is 19.0. The molecule has 0 amide bonds. The van der Waals surface area contributed by atoms with Crippen LogP contribution in [0.1, 0.15) is 27.0 Å². The van der Waals surface area contributed by atoms with Crippen LogP contribution in [0.25, 0.3) is 0 Å². The van der Waals surface area contributed by atoms with E-state index in [1.807, 2.05) is 91.0 Å². The summed E-state index contributed by atoms with van der Waals surface area (Å²) < 4.78 is 23.3. The van der Waals surface area contributed by atoms with E-state index in [-0.39, 0.29) is 6.61 Å². The van der Waals surface area contributed by atoms with Gasteiger partial charge in [0.2, 0.25) is 5.75 Å². The third-order valence-electron chi connectivity index (χ3n) is 5.15. The highest BCUT2D eigenvalue weighted by molar-refractivity contribution is 5.91. The third kappa shape index (κ3) is 6.17. The van der Waals surface area contributed by atoms with Crippen LogP contribution in [0.15, 0.2) is 103 Å². The van der Waals surface area contributed by atoms with Gasteiger partial charge in [0.25, 0.3) is 0 Å². The van der Waals surface area contributed by atoms with Gasteiger partial charge < -0.3 is 18.9 Å². The van der Waals surface area contributed by atoms with E-state index in [1.165, 1.54) is 7.11 Å². The Balaban J connectivity index is 1.58. The molecule has 5 heteroatoms. The molecule has 172 valence electrons. The minimum atomic E-state index is -0.471. The van der Waals surface area contributed by atoms with Gasteiger partial charge in [0, 0.05) is 0 Å². The lowest BCUT2D eigenvalue weighted by molar-refractivity contribution is 0.0471. The molecule has 0 spiro atoms. The van der Waals surface area contributed by atoms with Crippen molar-refractivity contribution in [1.29, 1.82) is 0 Å². The number of methoxy groups -OCH3 is 1. The summed E-state index contributed by atoms with van der Waals surface area (Å²) in [6.07, 6.45) is 0. The second-order valence-corrected chi connectivity index (χ2v) is 7.62. The van der Waals surface area contributed by atoms with E-state index in [2.05, 4.69) is 0 Å². The van der Waals surface area contributed by atoms with E-state index in [4.69, 9.17) is 18.9 Å². The van der Waals surface area contributed by atoms with E-state index in [9.17, 15) is 4.79 Å². The first kappa shape index (κ1) is 22.9. The maximum Gasteiger partial charge on any atom is 0.338 e. The van der Waals surface area contributed by atoms with Crippen LogP contribution in [0.5, 0.6) is 17.2 Å². The number of hydrogen-bond acceptors (Lipinski definition) is 5. The molecule has 4 aromatic rings.